The third-order valence-corrected chi connectivity index (χ3v) is 3.53. The molecule has 0 aliphatic rings. The molecule has 0 spiro atoms. The van der Waals surface area contributed by atoms with Crippen LogP contribution in [0.5, 0.6) is 0 Å². The summed E-state index contributed by atoms with van der Waals surface area (Å²) in [4.78, 5) is 2.65. The molecule has 0 radical (unpaired) electrons. The Morgan fingerprint density at radius 1 is 1.39 bits per heavy atom. The minimum absolute atomic E-state index is 0.128. The second-order valence-corrected chi connectivity index (χ2v) is 5.76. The van der Waals surface area contributed by atoms with Crippen LogP contribution in [0.3, 0.4) is 0 Å². The Balaban J connectivity index is 3.01. The average molecular weight is 271 g/mol. The topological polar surface area (TPSA) is 123 Å². The maximum absolute atomic E-state index is 11.2. The van der Waals surface area contributed by atoms with E-state index in [1.807, 2.05) is 0 Å². The van der Waals surface area contributed by atoms with Crippen LogP contribution >= 0.6 is 0 Å². The Kier molecular flexibility index (Phi) is 4.69. The lowest BCUT2D eigenvalue weighted by molar-refractivity contribution is 0.109. The second-order valence-electron chi connectivity index (χ2n) is 3.74. The van der Waals surface area contributed by atoms with Crippen LogP contribution in [-0.4, -0.2) is 37.5 Å². The van der Waals surface area contributed by atoms with Crippen molar-refractivity contribution in [3.63, 3.8) is 0 Å². The van der Waals surface area contributed by atoms with Gasteiger partial charge in [0.05, 0.1) is 23.6 Å². The fourth-order valence-electron chi connectivity index (χ4n) is 1.40. The second kappa shape index (κ2) is 5.83. The number of azide groups is 1. The number of benzene rings is 1. The van der Waals surface area contributed by atoms with Gasteiger partial charge in [-0.1, -0.05) is 17.2 Å². The molecule has 0 aliphatic heterocycles. The molecule has 0 unspecified atom stereocenters. The maximum Gasteiger partial charge on any atom is 0.175 e. The molecule has 98 valence electrons. The summed E-state index contributed by atoms with van der Waals surface area (Å²) >= 11 is 0. The van der Waals surface area contributed by atoms with Crippen LogP contribution < -0.4 is 0 Å². The summed E-state index contributed by atoms with van der Waals surface area (Å²) in [5.41, 5.74) is 8.64. The van der Waals surface area contributed by atoms with E-state index in [1.165, 1.54) is 24.3 Å². The highest BCUT2D eigenvalue weighted by Crippen LogP contribution is 2.21. The SMILES string of the molecule is CS(=O)(=O)c1ccc([C@H](O)[C@H](CO)N=[N+]=[N-])cc1. The molecule has 0 aromatic heterocycles. The van der Waals surface area contributed by atoms with Gasteiger partial charge in [0.15, 0.2) is 9.84 Å². The summed E-state index contributed by atoms with van der Waals surface area (Å²) in [5, 5.41) is 22.0. The van der Waals surface area contributed by atoms with Crippen molar-refractivity contribution in [2.24, 2.45) is 5.11 Å². The van der Waals surface area contributed by atoms with Crippen molar-refractivity contribution in [2.45, 2.75) is 17.0 Å². The van der Waals surface area contributed by atoms with Gasteiger partial charge in [-0.25, -0.2) is 8.42 Å². The van der Waals surface area contributed by atoms with E-state index in [1.54, 1.807) is 0 Å². The molecule has 0 fully saturated rings. The molecular formula is C10H13N3O4S. The first kappa shape index (κ1) is 14.5. The number of sulfone groups is 1. The quantitative estimate of drug-likeness (QED) is 0.466. The number of hydrogen-bond donors (Lipinski definition) is 2. The molecular weight excluding hydrogens is 258 g/mol. The highest BCUT2D eigenvalue weighted by Gasteiger charge is 2.19. The van der Waals surface area contributed by atoms with E-state index in [0.717, 1.165) is 6.26 Å². The summed E-state index contributed by atoms with van der Waals surface area (Å²) < 4.78 is 22.5. The lowest BCUT2D eigenvalue weighted by Crippen LogP contribution is -2.20. The third-order valence-electron chi connectivity index (χ3n) is 2.40. The molecule has 1 rings (SSSR count). The number of aliphatic hydroxyl groups excluding tert-OH is 2. The molecule has 8 heteroatoms. The highest BCUT2D eigenvalue weighted by atomic mass is 32.2. The van der Waals surface area contributed by atoms with Gasteiger partial charge in [-0.3, -0.25) is 0 Å². The van der Waals surface area contributed by atoms with Crippen LogP contribution in [0.25, 0.3) is 10.4 Å². The maximum atomic E-state index is 11.2. The van der Waals surface area contributed by atoms with E-state index in [9.17, 15) is 13.5 Å². The zero-order valence-corrected chi connectivity index (χ0v) is 10.4. The van der Waals surface area contributed by atoms with Crippen molar-refractivity contribution in [1.29, 1.82) is 0 Å². The van der Waals surface area contributed by atoms with Gasteiger partial charge in [0, 0.05) is 11.2 Å². The first-order valence-electron chi connectivity index (χ1n) is 5.03. The predicted molar refractivity (Wildman–Crippen MR) is 64.5 cm³/mol. The van der Waals surface area contributed by atoms with E-state index in [4.69, 9.17) is 10.6 Å². The van der Waals surface area contributed by atoms with Crippen molar-refractivity contribution < 1.29 is 18.6 Å². The number of rotatable bonds is 5. The van der Waals surface area contributed by atoms with Crippen LogP contribution in [0.1, 0.15) is 11.7 Å². The van der Waals surface area contributed by atoms with Crippen LogP contribution in [-0.2, 0) is 9.84 Å². The van der Waals surface area contributed by atoms with E-state index >= 15 is 0 Å². The van der Waals surface area contributed by atoms with Gasteiger partial charge in [-0.2, -0.15) is 0 Å². The highest BCUT2D eigenvalue weighted by molar-refractivity contribution is 7.90. The summed E-state index contributed by atoms with van der Waals surface area (Å²) in [6.45, 7) is -0.501. The minimum Gasteiger partial charge on any atom is -0.396 e. The smallest absolute Gasteiger partial charge is 0.175 e. The number of aliphatic hydroxyl groups is 2. The van der Waals surface area contributed by atoms with E-state index in [-0.39, 0.29) is 4.90 Å². The first-order valence-corrected chi connectivity index (χ1v) is 6.92. The predicted octanol–water partition coefficient (Wildman–Crippen LogP) is 0.795. The van der Waals surface area contributed by atoms with Gasteiger partial charge < -0.3 is 10.2 Å². The van der Waals surface area contributed by atoms with Crippen molar-refractivity contribution in [1.82, 2.24) is 0 Å². The fourth-order valence-corrected chi connectivity index (χ4v) is 2.03. The molecule has 18 heavy (non-hydrogen) atoms. The molecule has 0 aliphatic carbocycles. The van der Waals surface area contributed by atoms with Gasteiger partial charge in [0.1, 0.15) is 0 Å². The molecule has 0 heterocycles. The fraction of sp³-hybridized carbons (Fsp3) is 0.400. The van der Waals surface area contributed by atoms with E-state index < -0.39 is 28.6 Å². The zero-order valence-electron chi connectivity index (χ0n) is 9.63. The third kappa shape index (κ3) is 3.44. The number of nitrogens with zero attached hydrogens (tertiary/aromatic N) is 3. The monoisotopic (exact) mass is 271 g/mol. The molecule has 0 amide bonds. The van der Waals surface area contributed by atoms with E-state index in [2.05, 4.69) is 10.0 Å². The number of hydrogen-bond acceptors (Lipinski definition) is 5. The standard InChI is InChI=1S/C10H13N3O4S/c1-18(16,17)8-4-2-7(3-5-8)10(15)9(6-14)12-13-11/h2-5,9-10,14-15H,6H2,1H3/t9-,10-/m0/s1. The van der Waals surface area contributed by atoms with Crippen molar-refractivity contribution in [2.75, 3.05) is 12.9 Å². The largest absolute Gasteiger partial charge is 0.396 e. The van der Waals surface area contributed by atoms with Crippen molar-refractivity contribution in [3.8, 4) is 0 Å². The molecule has 7 nitrogen and oxygen atoms in total. The van der Waals surface area contributed by atoms with Crippen molar-refractivity contribution in [3.05, 3.63) is 40.3 Å². The summed E-state index contributed by atoms with van der Waals surface area (Å²) in [5.74, 6) is 0. The molecule has 1 aromatic carbocycles. The van der Waals surface area contributed by atoms with E-state index in [0.29, 0.717) is 5.56 Å². The molecule has 2 atom stereocenters. The Bertz CT molecular complexity index is 549. The average Bonchev–Trinajstić information content (AvgIpc) is 2.34. The molecule has 0 saturated heterocycles. The van der Waals surface area contributed by atoms with Gasteiger partial charge in [-0.15, -0.1) is 0 Å². The van der Waals surface area contributed by atoms with Gasteiger partial charge in [0.2, 0.25) is 0 Å². The van der Waals surface area contributed by atoms with Gasteiger partial charge in [-0.05, 0) is 23.2 Å². The minimum atomic E-state index is -3.29. The molecule has 2 N–H and O–H groups in total. The van der Waals surface area contributed by atoms with Gasteiger partial charge >= 0.3 is 0 Å². The van der Waals surface area contributed by atoms with Crippen molar-refractivity contribution >= 4 is 9.84 Å². The Morgan fingerprint density at radius 3 is 2.33 bits per heavy atom. The summed E-state index contributed by atoms with van der Waals surface area (Å²) in [6.07, 6.45) is -0.103. The van der Waals surface area contributed by atoms with Gasteiger partial charge in [0.25, 0.3) is 0 Å². The molecule has 0 bridgehead atoms. The molecule has 1 aromatic rings. The van der Waals surface area contributed by atoms with Crippen LogP contribution in [0.15, 0.2) is 34.3 Å². The first-order chi connectivity index (χ1) is 8.40. The lowest BCUT2D eigenvalue weighted by atomic mass is 10.0. The molecule has 0 saturated carbocycles. The Labute approximate surface area is 104 Å². The Morgan fingerprint density at radius 2 is 1.94 bits per heavy atom. The normalized spacial score (nSPS) is 14.6. The summed E-state index contributed by atoms with van der Waals surface area (Å²) in [7, 11) is -3.29. The van der Waals surface area contributed by atoms with Crippen LogP contribution in [0, 0.1) is 0 Å². The van der Waals surface area contributed by atoms with Crippen LogP contribution in [0.2, 0.25) is 0 Å². The van der Waals surface area contributed by atoms with Crippen LogP contribution in [0.4, 0.5) is 0 Å². The Hall–Kier alpha value is -1.60. The lowest BCUT2D eigenvalue weighted by Gasteiger charge is -2.16. The summed E-state index contributed by atoms with van der Waals surface area (Å²) in [6, 6.07) is 4.52. The zero-order chi connectivity index (χ0) is 13.8.